The lowest BCUT2D eigenvalue weighted by Gasteiger charge is -2.08. The molecule has 0 unspecified atom stereocenters. The molecule has 21 heavy (non-hydrogen) atoms. The zero-order chi connectivity index (χ0) is 15.7. The van der Waals surface area contributed by atoms with Crippen molar-refractivity contribution in [2.45, 2.75) is 33.2 Å². The summed E-state index contributed by atoms with van der Waals surface area (Å²) in [6.07, 6.45) is 1.09. The van der Waals surface area contributed by atoms with Crippen LogP contribution in [-0.4, -0.2) is 25.9 Å². The normalized spacial score (nSPS) is 11.2. The zero-order valence-electron chi connectivity index (χ0n) is 12.6. The summed E-state index contributed by atoms with van der Waals surface area (Å²) >= 11 is 0. The lowest BCUT2D eigenvalue weighted by Crippen LogP contribution is -2.26. The van der Waals surface area contributed by atoms with Gasteiger partial charge in [-0.2, -0.15) is 0 Å². The summed E-state index contributed by atoms with van der Waals surface area (Å²) in [4.78, 5) is 0. The molecule has 0 saturated heterocycles. The minimum Gasteiger partial charge on any atom is -0.395 e. The molecular formula is C16H23NO3S. The third kappa shape index (κ3) is 7.86. The molecule has 1 rings (SSSR count). The maximum atomic E-state index is 11.8. The average Bonchev–Trinajstić information content (AvgIpc) is 2.44. The van der Waals surface area contributed by atoms with Crippen LogP contribution < -0.4 is 4.72 Å². The van der Waals surface area contributed by atoms with Crippen LogP contribution in [0.25, 0.3) is 0 Å². The third-order valence-electron chi connectivity index (χ3n) is 2.86. The van der Waals surface area contributed by atoms with Gasteiger partial charge in [-0.15, -0.1) is 0 Å². The van der Waals surface area contributed by atoms with Crippen molar-refractivity contribution in [1.82, 2.24) is 4.72 Å². The molecule has 2 N–H and O–H groups in total. The Morgan fingerprint density at radius 3 is 2.76 bits per heavy atom. The van der Waals surface area contributed by atoms with Crippen molar-refractivity contribution in [3.8, 4) is 11.8 Å². The van der Waals surface area contributed by atoms with E-state index < -0.39 is 10.0 Å². The van der Waals surface area contributed by atoms with Crippen molar-refractivity contribution >= 4 is 10.0 Å². The first-order valence-corrected chi connectivity index (χ1v) is 8.74. The molecule has 0 aliphatic carbocycles. The summed E-state index contributed by atoms with van der Waals surface area (Å²) < 4.78 is 26.3. The van der Waals surface area contributed by atoms with Gasteiger partial charge in [0.25, 0.3) is 0 Å². The Hall–Kier alpha value is -1.35. The minimum absolute atomic E-state index is 0.0440. The molecule has 5 heteroatoms. The Bertz CT molecular complexity index is 597. The molecule has 0 aliphatic rings. The molecule has 0 atom stereocenters. The predicted octanol–water partition coefficient (Wildman–Crippen LogP) is 1.89. The van der Waals surface area contributed by atoms with Crippen LogP contribution in [0.15, 0.2) is 24.3 Å². The van der Waals surface area contributed by atoms with Gasteiger partial charge in [0, 0.05) is 18.5 Å². The second-order valence-electron chi connectivity index (χ2n) is 5.30. The quantitative estimate of drug-likeness (QED) is 0.756. The van der Waals surface area contributed by atoms with Gasteiger partial charge in [0.05, 0.1) is 12.4 Å². The first kappa shape index (κ1) is 17.7. The molecule has 0 bridgehead atoms. The van der Waals surface area contributed by atoms with Crippen LogP contribution in [0, 0.1) is 17.8 Å². The predicted molar refractivity (Wildman–Crippen MR) is 85.1 cm³/mol. The molecule has 1 aromatic rings. The van der Waals surface area contributed by atoms with Crippen LogP contribution in [0.2, 0.25) is 0 Å². The molecule has 0 saturated carbocycles. The number of hydrogen-bond donors (Lipinski definition) is 2. The number of rotatable bonds is 7. The fourth-order valence-corrected chi connectivity index (χ4v) is 2.95. The van der Waals surface area contributed by atoms with Crippen molar-refractivity contribution in [2.75, 3.05) is 12.4 Å². The standard InChI is InChI=1S/C16H23NO3S/c1-14(2)9-11-21(19,20)17-13-16-8-5-7-15(12-16)6-3-4-10-18/h5,7-8,12,14,17-18H,4,9-11,13H2,1-2H3. The van der Waals surface area contributed by atoms with Gasteiger partial charge in [0.1, 0.15) is 0 Å². The molecular weight excluding hydrogens is 286 g/mol. The molecule has 0 spiro atoms. The maximum absolute atomic E-state index is 11.8. The molecule has 0 aromatic heterocycles. The van der Waals surface area contributed by atoms with Crippen LogP contribution >= 0.6 is 0 Å². The Balaban J connectivity index is 2.60. The third-order valence-corrected chi connectivity index (χ3v) is 4.21. The maximum Gasteiger partial charge on any atom is 0.211 e. The van der Waals surface area contributed by atoms with E-state index in [-0.39, 0.29) is 18.9 Å². The SMILES string of the molecule is CC(C)CCS(=O)(=O)NCc1cccc(C#CCCO)c1. The Morgan fingerprint density at radius 1 is 1.33 bits per heavy atom. The Kier molecular flexibility index (Phi) is 7.44. The number of aliphatic hydroxyl groups is 1. The first-order valence-electron chi connectivity index (χ1n) is 7.09. The van der Waals surface area contributed by atoms with E-state index in [2.05, 4.69) is 16.6 Å². The molecule has 4 nitrogen and oxygen atoms in total. The van der Waals surface area contributed by atoms with Crippen molar-refractivity contribution in [2.24, 2.45) is 5.92 Å². The summed E-state index contributed by atoms with van der Waals surface area (Å²) in [5, 5.41) is 8.68. The summed E-state index contributed by atoms with van der Waals surface area (Å²) in [5.74, 6) is 6.30. The molecule has 0 amide bonds. The van der Waals surface area contributed by atoms with Crippen LogP contribution in [0.1, 0.15) is 37.8 Å². The Morgan fingerprint density at radius 2 is 2.10 bits per heavy atom. The molecule has 0 radical (unpaired) electrons. The number of hydrogen-bond acceptors (Lipinski definition) is 3. The van der Waals surface area contributed by atoms with Gasteiger partial charge in [0.2, 0.25) is 10.0 Å². The second kappa shape index (κ2) is 8.83. The largest absolute Gasteiger partial charge is 0.395 e. The zero-order valence-corrected chi connectivity index (χ0v) is 13.4. The summed E-state index contributed by atoms with van der Waals surface area (Å²) in [6, 6.07) is 7.43. The van der Waals surface area contributed by atoms with E-state index in [9.17, 15) is 8.42 Å². The van der Waals surface area contributed by atoms with Gasteiger partial charge >= 0.3 is 0 Å². The van der Waals surface area contributed by atoms with Crippen molar-refractivity contribution < 1.29 is 13.5 Å². The lowest BCUT2D eigenvalue weighted by molar-refractivity contribution is 0.305. The van der Waals surface area contributed by atoms with Crippen molar-refractivity contribution in [1.29, 1.82) is 0 Å². The van der Waals surface area contributed by atoms with Crippen LogP contribution in [0.3, 0.4) is 0 Å². The molecule has 1 aromatic carbocycles. The average molecular weight is 309 g/mol. The summed E-state index contributed by atoms with van der Waals surface area (Å²) in [7, 11) is -3.23. The molecule has 0 fully saturated rings. The molecule has 116 valence electrons. The van der Waals surface area contributed by atoms with E-state index in [1.54, 1.807) is 0 Å². The Labute approximate surface area is 127 Å². The van der Waals surface area contributed by atoms with E-state index in [1.807, 2.05) is 38.1 Å². The number of nitrogens with one attached hydrogen (secondary N) is 1. The van der Waals surface area contributed by atoms with Gasteiger partial charge < -0.3 is 5.11 Å². The number of sulfonamides is 1. The first-order chi connectivity index (χ1) is 9.93. The van der Waals surface area contributed by atoms with E-state index >= 15 is 0 Å². The van der Waals surface area contributed by atoms with Crippen LogP contribution in [0.4, 0.5) is 0 Å². The van der Waals surface area contributed by atoms with E-state index in [4.69, 9.17) is 5.11 Å². The summed E-state index contributed by atoms with van der Waals surface area (Å²) in [5.41, 5.74) is 1.70. The summed E-state index contributed by atoms with van der Waals surface area (Å²) in [6.45, 7) is 4.33. The number of benzene rings is 1. The molecule has 0 aliphatic heterocycles. The van der Waals surface area contributed by atoms with E-state index in [0.717, 1.165) is 11.1 Å². The second-order valence-corrected chi connectivity index (χ2v) is 7.22. The highest BCUT2D eigenvalue weighted by atomic mass is 32.2. The highest BCUT2D eigenvalue weighted by Crippen LogP contribution is 2.06. The van der Waals surface area contributed by atoms with Crippen molar-refractivity contribution in [3.63, 3.8) is 0 Å². The van der Waals surface area contributed by atoms with Gasteiger partial charge in [-0.25, -0.2) is 13.1 Å². The van der Waals surface area contributed by atoms with E-state index in [0.29, 0.717) is 18.8 Å². The highest BCUT2D eigenvalue weighted by Gasteiger charge is 2.10. The van der Waals surface area contributed by atoms with Gasteiger partial charge in [-0.3, -0.25) is 0 Å². The van der Waals surface area contributed by atoms with Gasteiger partial charge in [-0.1, -0.05) is 37.8 Å². The van der Waals surface area contributed by atoms with Crippen LogP contribution in [-0.2, 0) is 16.6 Å². The van der Waals surface area contributed by atoms with Crippen molar-refractivity contribution in [3.05, 3.63) is 35.4 Å². The lowest BCUT2D eigenvalue weighted by atomic mass is 10.1. The topological polar surface area (TPSA) is 66.4 Å². The highest BCUT2D eigenvalue weighted by molar-refractivity contribution is 7.89. The minimum atomic E-state index is -3.23. The van der Waals surface area contributed by atoms with E-state index in [1.165, 1.54) is 0 Å². The van der Waals surface area contributed by atoms with Crippen LogP contribution in [0.5, 0.6) is 0 Å². The van der Waals surface area contributed by atoms with Gasteiger partial charge in [-0.05, 0) is 30.0 Å². The monoisotopic (exact) mass is 309 g/mol. The van der Waals surface area contributed by atoms with Gasteiger partial charge in [0.15, 0.2) is 0 Å². The fourth-order valence-electron chi connectivity index (χ4n) is 1.64. The fraction of sp³-hybridized carbons (Fsp3) is 0.500. The molecule has 0 heterocycles. The number of aliphatic hydroxyl groups excluding tert-OH is 1. The smallest absolute Gasteiger partial charge is 0.211 e.